The van der Waals surface area contributed by atoms with Gasteiger partial charge < -0.3 is 5.32 Å². The Balaban J connectivity index is 2.38. The zero-order valence-corrected chi connectivity index (χ0v) is 11.4. The molecule has 3 nitrogen and oxygen atoms in total. The molecule has 1 atom stereocenters. The topological polar surface area (TPSA) is 29.9 Å². The summed E-state index contributed by atoms with van der Waals surface area (Å²) in [5.41, 5.74) is 3.76. The minimum absolute atomic E-state index is 0.419. The van der Waals surface area contributed by atoms with Crippen molar-refractivity contribution in [3.05, 3.63) is 42.1 Å². The fourth-order valence-corrected chi connectivity index (χ4v) is 2.35. The summed E-state index contributed by atoms with van der Waals surface area (Å²) >= 11 is 0. The van der Waals surface area contributed by atoms with Gasteiger partial charge in [-0.2, -0.15) is 5.10 Å². The molecule has 0 fully saturated rings. The van der Waals surface area contributed by atoms with Crippen molar-refractivity contribution in [1.82, 2.24) is 15.1 Å². The van der Waals surface area contributed by atoms with Gasteiger partial charge in [-0.25, -0.2) is 0 Å². The van der Waals surface area contributed by atoms with E-state index in [1.165, 1.54) is 16.8 Å². The van der Waals surface area contributed by atoms with Gasteiger partial charge in [0.05, 0.1) is 5.69 Å². The molecule has 0 spiro atoms. The SMILES string of the molecule is CCC(NC)c1cccc(-c2ccnn2CC)c1. The van der Waals surface area contributed by atoms with Gasteiger partial charge in [0.2, 0.25) is 0 Å². The molecule has 3 heteroatoms. The molecule has 18 heavy (non-hydrogen) atoms. The van der Waals surface area contributed by atoms with E-state index >= 15 is 0 Å². The number of aryl methyl sites for hydroxylation is 1. The van der Waals surface area contributed by atoms with Crippen molar-refractivity contribution in [2.45, 2.75) is 32.9 Å². The summed E-state index contributed by atoms with van der Waals surface area (Å²) in [6, 6.07) is 11.2. The van der Waals surface area contributed by atoms with E-state index in [1.807, 2.05) is 17.9 Å². The summed E-state index contributed by atoms with van der Waals surface area (Å²) in [7, 11) is 2.01. The Morgan fingerprint density at radius 2 is 2.11 bits per heavy atom. The van der Waals surface area contributed by atoms with Crippen LogP contribution in [0.3, 0.4) is 0 Å². The zero-order chi connectivity index (χ0) is 13.0. The van der Waals surface area contributed by atoms with Gasteiger partial charge in [-0.05, 0) is 38.1 Å². The molecule has 1 heterocycles. The molecule has 0 saturated heterocycles. The summed E-state index contributed by atoms with van der Waals surface area (Å²) in [5, 5.41) is 7.67. The van der Waals surface area contributed by atoms with Crippen LogP contribution in [-0.4, -0.2) is 16.8 Å². The Morgan fingerprint density at radius 3 is 2.78 bits per heavy atom. The Morgan fingerprint density at radius 1 is 1.28 bits per heavy atom. The highest BCUT2D eigenvalue weighted by Crippen LogP contribution is 2.24. The molecule has 96 valence electrons. The van der Waals surface area contributed by atoms with Crippen LogP contribution in [0.25, 0.3) is 11.3 Å². The Hall–Kier alpha value is -1.61. The summed E-state index contributed by atoms with van der Waals surface area (Å²) in [6.07, 6.45) is 2.95. The normalized spacial score (nSPS) is 12.6. The molecule has 1 unspecified atom stereocenters. The van der Waals surface area contributed by atoms with E-state index in [1.54, 1.807) is 0 Å². The van der Waals surface area contributed by atoms with E-state index in [0.29, 0.717) is 6.04 Å². The zero-order valence-electron chi connectivity index (χ0n) is 11.4. The maximum atomic E-state index is 4.33. The highest BCUT2D eigenvalue weighted by atomic mass is 15.3. The number of hydrogen-bond donors (Lipinski definition) is 1. The van der Waals surface area contributed by atoms with Gasteiger partial charge in [-0.3, -0.25) is 4.68 Å². The van der Waals surface area contributed by atoms with Crippen molar-refractivity contribution in [3.63, 3.8) is 0 Å². The van der Waals surface area contributed by atoms with Crippen LogP contribution in [0.4, 0.5) is 0 Å². The van der Waals surface area contributed by atoms with Crippen molar-refractivity contribution in [1.29, 1.82) is 0 Å². The van der Waals surface area contributed by atoms with Crippen molar-refractivity contribution in [2.75, 3.05) is 7.05 Å². The molecule has 1 aromatic carbocycles. The fourth-order valence-electron chi connectivity index (χ4n) is 2.35. The van der Waals surface area contributed by atoms with Gasteiger partial charge in [0.15, 0.2) is 0 Å². The highest BCUT2D eigenvalue weighted by Gasteiger charge is 2.09. The quantitative estimate of drug-likeness (QED) is 0.873. The molecule has 1 N–H and O–H groups in total. The van der Waals surface area contributed by atoms with E-state index in [0.717, 1.165) is 13.0 Å². The third-order valence-corrected chi connectivity index (χ3v) is 3.36. The molecule has 2 rings (SSSR count). The lowest BCUT2D eigenvalue weighted by atomic mass is 10.0. The molecule has 0 aliphatic heterocycles. The standard InChI is InChI=1S/C15H21N3/c1-4-14(16-3)12-7-6-8-13(11-12)15-9-10-17-18(15)5-2/h6-11,14,16H,4-5H2,1-3H3. The molecule has 0 aliphatic carbocycles. The number of nitrogens with zero attached hydrogens (tertiary/aromatic N) is 2. The van der Waals surface area contributed by atoms with Gasteiger partial charge in [-0.1, -0.05) is 25.1 Å². The molecule has 2 aromatic rings. The third-order valence-electron chi connectivity index (χ3n) is 3.36. The van der Waals surface area contributed by atoms with Crippen molar-refractivity contribution >= 4 is 0 Å². The maximum Gasteiger partial charge on any atom is 0.0682 e. The van der Waals surface area contributed by atoms with E-state index in [4.69, 9.17) is 0 Å². The minimum Gasteiger partial charge on any atom is -0.313 e. The Labute approximate surface area is 109 Å². The molecule has 0 saturated carbocycles. The summed E-state index contributed by atoms with van der Waals surface area (Å²) in [6.45, 7) is 5.21. The molecular formula is C15H21N3. The van der Waals surface area contributed by atoms with Crippen LogP contribution in [-0.2, 0) is 6.54 Å². The van der Waals surface area contributed by atoms with Gasteiger partial charge in [0.1, 0.15) is 0 Å². The first-order chi connectivity index (χ1) is 8.80. The van der Waals surface area contributed by atoms with E-state index < -0.39 is 0 Å². The average Bonchev–Trinajstić information content (AvgIpc) is 2.89. The molecule has 0 bridgehead atoms. The maximum absolute atomic E-state index is 4.33. The molecular weight excluding hydrogens is 222 g/mol. The van der Waals surface area contributed by atoms with Crippen molar-refractivity contribution in [3.8, 4) is 11.3 Å². The molecule has 0 aliphatic rings. The highest BCUT2D eigenvalue weighted by molar-refractivity contribution is 5.60. The van der Waals surface area contributed by atoms with Crippen LogP contribution in [0.15, 0.2) is 36.5 Å². The molecule has 1 aromatic heterocycles. The Kier molecular flexibility index (Phi) is 4.15. The molecule has 0 radical (unpaired) electrons. The monoisotopic (exact) mass is 243 g/mol. The van der Waals surface area contributed by atoms with Crippen LogP contribution in [0, 0.1) is 0 Å². The summed E-state index contributed by atoms with van der Waals surface area (Å²) in [5.74, 6) is 0. The van der Waals surface area contributed by atoms with Gasteiger partial charge in [0.25, 0.3) is 0 Å². The van der Waals surface area contributed by atoms with Crippen molar-refractivity contribution in [2.24, 2.45) is 0 Å². The lowest BCUT2D eigenvalue weighted by Gasteiger charge is -2.15. The van der Waals surface area contributed by atoms with Crippen molar-refractivity contribution < 1.29 is 0 Å². The summed E-state index contributed by atoms with van der Waals surface area (Å²) in [4.78, 5) is 0. The second-order valence-corrected chi connectivity index (χ2v) is 4.41. The number of rotatable bonds is 5. The number of aromatic nitrogens is 2. The first-order valence-corrected chi connectivity index (χ1v) is 6.59. The number of benzene rings is 1. The molecule has 0 amide bonds. The average molecular weight is 243 g/mol. The lowest BCUT2D eigenvalue weighted by Crippen LogP contribution is -2.15. The second-order valence-electron chi connectivity index (χ2n) is 4.41. The fraction of sp³-hybridized carbons (Fsp3) is 0.400. The van der Waals surface area contributed by atoms with Crippen LogP contribution in [0.5, 0.6) is 0 Å². The van der Waals surface area contributed by atoms with Crippen LogP contribution in [0.2, 0.25) is 0 Å². The summed E-state index contributed by atoms with van der Waals surface area (Å²) < 4.78 is 2.03. The van der Waals surface area contributed by atoms with E-state index in [-0.39, 0.29) is 0 Å². The van der Waals surface area contributed by atoms with E-state index in [2.05, 4.69) is 54.6 Å². The predicted octanol–water partition coefficient (Wildman–Crippen LogP) is 3.24. The van der Waals surface area contributed by atoms with Crippen LogP contribution >= 0.6 is 0 Å². The van der Waals surface area contributed by atoms with Gasteiger partial charge in [0, 0.05) is 24.3 Å². The van der Waals surface area contributed by atoms with Crippen LogP contribution in [0.1, 0.15) is 31.9 Å². The minimum atomic E-state index is 0.419. The largest absolute Gasteiger partial charge is 0.313 e. The smallest absolute Gasteiger partial charge is 0.0682 e. The van der Waals surface area contributed by atoms with Gasteiger partial charge in [-0.15, -0.1) is 0 Å². The Bertz CT molecular complexity index is 498. The lowest BCUT2D eigenvalue weighted by molar-refractivity contribution is 0.577. The van der Waals surface area contributed by atoms with E-state index in [9.17, 15) is 0 Å². The predicted molar refractivity (Wildman–Crippen MR) is 75.4 cm³/mol. The first kappa shape index (κ1) is 12.8. The number of hydrogen-bond acceptors (Lipinski definition) is 2. The van der Waals surface area contributed by atoms with Gasteiger partial charge >= 0.3 is 0 Å². The van der Waals surface area contributed by atoms with Crippen LogP contribution < -0.4 is 5.32 Å². The second kappa shape index (κ2) is 5.83. The first-order valence-electron chi connectivity index (χ1n) is 6.59. The number of nitrogens with one attached hydrogen (secondary N) is 1. The third kappa shape index (κ3) is 2.46.